The molecular weight excluding hydrogens is 200 g/mol. The van der Waals surface area contributed by atoms with Crippen molar-refractivity contribution in [2.45, 2.75) is 0 Å². The Morgan fingerprint density at radius 1 is 1.75 bits per heavy atom. The average molecular weight is 203 g/mol. The minimum Gasteiger partial charge on any atom is 0 e. The fourth-order valence-corrected chi connectivity index (χ4v) is 0. The van der Waals surface area contributed by atoms with Crippen LogP contribution in [0.3, 0.4) is 0 Å². The molecule has 28 valence electrons. The minimum atomic E-state index is 0. The van der Waals surface area contributed by atoms with Gasteiger partial charge in [0.25, 0.3) is 0 Å². The average Bonchev–Trinajstić information content (AvgIpc) is 0.918. The van der Waals surface area contributed by atoms with Gasteiger partial charge in [-0.05, 0) is 0 Å². The third-order valence-corrected chi connectivity index (χ3v) is 0. The quantitative estimate of drug-likeness (QED) is 0.418. The molecule has 0 aromatic heterocycles. The molecule has 0 radical (unpaired) electrons. The van der Waals surface area contributed by atoms with Crippen molar-refractivity contribution in [3.63, 3.8) is 0 Å². The predicted molar refractivity (Wildman–Crippen MR) is 15.7 cm³/mol. The standard InChI is InChI=1S/BH2.Cr.Ni.H2Se/h1H2;;;1H2/q+1;;;/p-1. The summed E-state index contributed by atoms with van der Waals surface area (Å²) in [5, 5.41) is 0. The van der Waals surface area contributed by atoms with E-state index in [9.17, 15) is 0 Å². The van der Waals surface area contributed by atoms with Crippen molar-refractivity contribution in [3.05, 3.63) is 0 Å². The molecular formula is H3BCrNiSe. The van der Waals surface area contributed by atoms with Crippen LogP contribution in [-0.2, 0) is 29.8 Å². The molecule has 0 aromatic carbocycles. The summed E-state index contributed by atoms with van der Waals surface area (Å²) in [6, 6.07) is 0. The molecule has 0 rings (SSSR count). The van der Waals surface area contributed by atoms with Crippen LogP contribution in [0.1, 0.15) is 0 Å². The van der Waals surface area contributed by atoms with Crippen LogP contribution in [0.4, 0.5) is 0 Å². The predicted octanol–water partition coefficient (Wildman–Crippen LogP) is -1.57. The second-order valence-electron chi connectivity index (χ2n) is 0.141. The molecule has 0 atom stereocenters. The first kappa shape index (κ1) is 9.15. The molecule has 4 heteroatoms. The number of rotatable bonds is 0. The van der Waals surface area contributed by atoms with Crippen LogP contribution in [0.2, 0.25) is 0 Å². The van der Waals surface area contributed by atoms with Gasteiger partial charge in [0.2, 0.25) is 0 Å². The Balaban J connectivity index is 0. The van der Waals surface area contributed by atoms with Crippen LogP contribution in [0.25, 0.3) is 0 Å². The van der Waals surface area contributed by atoms with E-state index in [1.54, 1.807) is 12.5 Å². The van der Waals surface area contributed by atoms with E-state index in [4.69, 9.17) is 0 Å². The zero-order chi connectivity index (χ0) is 2.71. The maximum absolute atomic E-state index is 2.40. The molecule has 4 heavy (non-hydrogen) atoms. The van der Waals surface area contributed by atoms with Gasteiger partial charge in [-0.15, -0.1) is 0 Å². The van der Waals surface area contributed by atoms with Gasteiger partial charge in [-0.1, -0.05) is 0 Å². The Labute approximate surface area is 50.8 Å². The second kappa shape index (κ2) is 8.82. The van der Waals surface area contributed by atoms with Gasteiger partial charge in [-0.2, -0.15) is 0 Å². The van der Waals surface area contributed by atoms with Crippen LogP contribution in [-0.4, -0.2) is 21.0 Å². The maximum atomic E-state index is 2.40. The van der Waals surface area contributed by atoms with E-state index in [0.29, 0.717) is 0 Å². The van der Waals surface area contributed by atoms with Crippen molar-refractivity contribution in [2.75, 3.05) is 0 Å². The summed E-state index contributed by atoms with van der Waals surface area (Å²) in [6.07, 6.45) is 0. The zero-order valence-corrected chi connectivity index (χ0v) is 6.31. The van der Waals surface area contributed by atoms with Gasteiger partial charge in [0.15, 0.2) is 0 Å². The fourth-order valence-electron chi connectivity index (χ4n) is 0. The molecule has 0 aliphatic carbocycles. The third kappa shape index (κ3) is 9.49. The first-order valence-electron chi connectivity index (χ1n) is 0.458. The van der Waals surface area contributed by atoms with E-state index < -0.39 is 0 Å². The van der Waals surface area contributed by atoms with E-state index in [-0.39, 0.29) is 17.4 Å². The Kier molecular flexibility index (Phi) is 20.2. The normalized spacial score (nSPS) is 5.25. The SMILES string of the molecule is [BH2][Ni][SeH].[Cr]. The summed E-state index contributed by atoms with van der Waals surface area (Å²) in [5.74, 6) is 0. The van der Waals surface area contributed by atoms with Gasteiger partial charge in [-0.25, -0.2) is 0 Å². The largest absolute Gasteiger partial charge is 0 e. The molecule has 0 fully saturated rings. The zero-order valence-electron chi connectivity index (χ0n) is 2.17. The number of hydrogen-bond donors (Lipinski definition) is 0. The van der Waals surface area contributed by atoms with Crippen molar-refractivity contribution in [2.24, 2.45) is 0 Å². The molecule has 0 bridgehead atoms. The molecule has 0 saturated heterocycles. The molecule has 0 aliphatic heterocycles. The van der Waals surface area contributed by atoms with Crippen LogP contribution in [0.15, 0.2) is 0 Å². The monoisotopic (exact) mass is 204 g/mol. The van der Waals surface area contributed by atoms with E-state index in [0.717, 1.165) is 0 Å². The molecule has 0 aliphatic rings. The summed E-state index contributed by atoms with van der Waals surface area (Å²) in [5.41, 5.74) is 0. The van der Waals surface area contributed by atoms with Gasteiger partial charge in [0.05, 0.1) is 0 Å². The molecule has 0 N–H and O–H groups in total. The van der Waals surface area contributed by atoms with Gasteiger partial charge in [0.1, 0.15) is 0 Å². The van der Waals surface area contributed by atoms with Crippen LogP contribution < -0.4 is 0 Å². The fraction of sp³-hybridized carbons (Fsp3) is 0. The molecule has 0 heterocycles. The molecule has 0 spiro atoms. The minimum absolute atomic E-state index is 0. The smallest absolute Gasteiger partial charge is 0 e. The maximum Gasteiger partial charge on any atom is 0 e. The second-order valence-corrected chi connectivity index (χ2v) is 3.03. The summed E-state index contributed by atoms with van der Waals surface area (Å²) >= 11 is 3.97. The third-order valence-electron chi connectivity index (χ3n) is 0. The van der Waals surface area contributed by atoms with E-state index in [1.807, 2.05) is 6.74 Å². The van der Waals surface area contributed by atoms with Gasteiger partial charge in [-0.3, -0.25) is 0 Å². The molecule has 0 unspecified atom stereocenters. The Morgan fingerprint density at radius 3 is 1.75 bits per heavy atom. The molecule has 0 amide bonds. The Bertz CT molecular complexity index is 8.00. The van der Waals surface area contributed by atoms with Crippen molar-refractivity contribution < 1.29 is 29.8 Å². The van der Waals surface area contributed by atoms with Crippen molar-refractivity contribution in [1.82, 2.24) is 0 Å². The summed E-state index contributed by atoms with van der Waals surface area (Å²) in [4.78, 5) is 0. The van der Waals surface area contributed by atoms with E-state index in [2.05, 4.69) is 14.3 Å². The first-order valence-corrected chi connectivity index (χ1v) is 4.33. The summed E-state index contributed by atoms with van der Waals surface area (Å²) in [7, 11) is 0. The van der Waals surface area contributed by atoms with Crippen LogP contribution in [0.5, 0.6) is 0 Å². The van der Waals surface area contributed by atoms with E-state index in [1.165, 1.54) is 0 Å². The van der Waals surface area contributed by atoms with Crippen molar-refractivity contribution >= 4 is 21.0 Å². The Hall–Kier alpha value is 1.61. The van der Waals surface area contributed by atoms with Gasteiger partial charge >= 0.3 is 33.5 Å². The van der Waals surface area contributed by atoms with Crippen molar-refractivity contribution in [3.8, 4) is 0 Å². The summed E-state index contributed by atoms with van der Waals surface area (Å²) in [6.45, 7) is 2.03. The number of hydrogen-bond acceptors (Lipinski definition) is 0. The first-order chi connectivity index (χ1) is 1.41. The van der Waals surface area contributed by atoms with Crippen LogP contribution in [0, 0.1) is 0 Å². The van der Waals surface area contributed by atoms with Crippen LogP contribution >= 0.6 is 0 Å². The molecule has 0 nitrogen and oxygen atoms in total. The Morgan fingerprint density at radius 2 is 1.75 bits per heavy atom. The van der Waals surface area contributed by atoms with Gasteiger partial charge in [0, 0.05) is 17.4 Å². The molecule has 0 aromatic rings. The summed E-state index contributed by atoms with van der Waals surface area (Å²) < 4.78 is 0. The van der Waals surface area contributed by atoms with E-state index >= 15 is 0 Å². The van der Waals surface area contributed by atoms with Crippen molar-refractivity contribution in [1.29, 1.82) is 0 Å². The topological polar surface area (TPSA) is 0 Å². The molecule has 0 saturated carbocycles. The van der Waals surface area contributed by atoms with Gasteiger partial charge < -0.3 is 0 Å².